The molecule has 2 rings (SSSR count). The van der Waals surface area contributed by atoms with Crippen LogP contribution >= 0.6 is 0 Å². The molecule has 0 saturated carbocycles. The van der Waals surface area contributed by atoms with Crippen LogP contribution in [-0.2, 0) is 9.47 Å². The van der Waals surface area contributed by atoms with Gasteiger partial charge in [-0.1, -0.05) is 55.8 Å². The number of hydrogen-bond acceptors (Lipinski definition) is 3. The second-order valence-corrected chi connectivity index (χ2v) is 4.44. The first kappa shape index (κ1) is 14.1. The zero-order valence-electron chi connectivity index (χ0n) is 11.5. The highest BCUT2D eigenvalue weighted by Crippen LogP contribution is 2.19. The number of hydrogen-bond donors (Lipinski definition) is 0. The van der Waals surface area contributed by atoms with Crippen LogP contribution < -0.4 is 0 Å². The first-order valence-corrected chi connectivity index (χ1v) is 6.79. The van der Waals surface area contributed by atoms with Crippen molar-refractivity contribution >= 4 is 23.0 Å². The van der Waals surface area contributed by atoms with E-state index in [1.165, 1.54) is 6.26 Å². The fourth-order valence-corrected chi connectivity index (χ4v) is 1.89. The molecular weight excluding hydrogens is 252 g/mol. The molecule has 0 saturated heterocycles. The highest BCUT2D eigenvalue weighted by atomic mass is 16.7. The molecule has 2 aromatic carbocycles. The molecule has 0 N–H and O–H groups in total. The predicted molar refractivity (Wildman–Crippen MR) is 80.3 cm³/mol. The van der Waals surface area contributed by atoms with Gasteiger partial charge in [0.15, 0.2) is 0 Å². The number of carbonyl (C=O) groups excluding carboxylic acids is 1. The summed E-state index contributed by atoms with van der Waals surface area (Å²) in [5.41, 5.74) is 1.00. The molecule has 0 fully saturated rings. The van der Waals surface area contributed by atoms with Crippen LogP contribution in [-0.4, -0.2) is 12.8 Å². The molecule has 0 atom stereocenters. The Balaban J connectivity index is 1.98. The van der Waals surface area contributed by atoms with E-state index in [4.69, 9.17) is 9.47 Å². The van der Waals surface area contributed by atoms with Gasteiger partial charge >= 0.3 is 6.16 Å². The molecule has 0 aliphatic heterocycles. The summed E-state index contributed by atoms with van der Waals surface area (Å²) < 4.78 is 9.80. The van der Waals surface area contributed by atoms with E-state index >= 15 is 0 Å². The van der Waals surface area contributed by atoms with Crippen LogP contribution in [0.4, 0.5) is 4.79 Å². The summed E-state index contributed by atoms with van der Waals surface area (Å²) in [6.45, 7) is 2.44. The average Bonchev–Trinajstić information content (AvgIpc) is 2.48. The lowest BCUT2D eigenvalue weighted by atomic mass is 10.1. The van der Waals surface area contributed by atoms with Crippen molar-refractivity contribution in [1.29, 1.82) is 0 Å². The number of fused-ring (bicyclic) bond motifs is 1. The highest BCUT2D eigenvalue weighted by molar-refractivity contribution is 5.90. The van der Waals surface area contributed by atoms with Crippen molar-refractivity contribution in [2.75, 3.05) is 6.61 Å². The zero-order chi connectivity index (χ0) is 14.2. The van der Waals surface area contributed by atoms with E-state index in [9.17, 15) is 4.79 Å². The molecule has 0 aromatic heterocycles. The normalized spacial score (nSPS) is 10.8. The standard InChI is InChI=1S/C17H18O3/c1-2-3-12-19-17(18)20-13-11-15-9-6-8-14-7-4-5-10-16(14)15/h4-11,13H,2-3,12H2,1H3. The Morgan fingerprint density at radius 2 is 1.95 bits per heavy atom. The van der Waals surface area contributed by atoms with E-state index in [2.05, 4.69) is 0 Å². The van der Waals surface area contributed by atoms with Crippen LogP contribution in [0.2, 0.25) is 0 Å². The summed E-state index contributed by atoms with van der Waals surface area (Å²) in [6.07, 6.45) is 4.32. The highest BCUT2D eigenvalue weighted by Gasteiger charge is 2.01. The van der Waals surface area contributed by atoms with E-state index in [0.29, 0.717) is 6.61 Å². The van der Waals surface area contributed by atoms with Crippen molar-refractivity contribution in [1.82, 2.24) is 0 Å². The van der Waals surface area contributed by atoms with Gasteiger partial charge in [0.25, 0.3) is 0 Å². The Labute approximate surface area is 118 Å². The predicted octanol–water partition coefficient (Wildman–Crippen LogP) is 4.76. The second kappa shape index (κ2) is 7.34. The van der Waals surface area contributed by atoms with Gasteiger partial charge in [-0.2, -0.15) is 0 Å². The Hall–Kier alpha value is -2.29. The van der Waals surface area contributed by atoms with Gasteiger partial charge in [-0.05, 0) is 28.8 Å². The fraction of sp³-hybridized carbons (Fsp3) is 0.235. The van der Waals surface area contributed by atoms with E-state index in [0.717, 1.165) is 29.2 Å². The Kier molecular flexibility index (Phi) is 5.18. The Morgan fingerprint density at radius 3 is 2.80 bits per heavy atom. The SMILES string of the molecule is CCCCOC(=O)OC=Cc1cccc2ccccc12. The van der Waals surface area contributed by atoms with Crippen molar-refractivity contribution in [3.8, 4) is 0 Å². The first-order valence-electron chi connectivity index (χ1n) is 6.79. The third-order valence-corrected chi connectivity index (χ3v) is 2.95. The molecule has 0 amide bonds. The number of benzene rings is 2. The molecule has 3 nitrogen and oxygen atoms in total. The van der Waals surface area contributed by atoms with Gasteiger partial charge in [0, 0.05) is 0 Å². The Morgan fingerprint density at radius 1 is 1.15 bits per heavy atom. The number of rotatable bonds is 5. The lowest BCUT2D eigenvalue weighted by Crippen LogP contribution is -2.04. The maximum absolute atomic E-state index is 11.3. The number of ether oxygens (including phenoxy) is 2. The topological polar surface area (TPSA) is 35.5 Å². The lowest BCUT2D eigenvalue weighted by Gasteiger charge is -2.03. The number of unbranched alkanes of at least 4 members (excludes halogenated alkanes) is 1. The third-order valence-electron chi connectivity index (χ3n) is 2.95. The van der Waals surface area contributed by atoms with Crippen LogP contribution in [0.25, 0.3) is 16.8 Å². The minimum Gasteiger partial charge on any atom is -0.434 e. The fourth-order valence-electron chi connectivity index (χ4n) is 1.89. The van der Waals surface area contributed by atoms with Crippen molar-refractivity contribution in [2.24, 2.45) is 0 Å². The molecule has 104 valence electrons. The smallest absolute Gasteiger partial charge is 0.434 e. The maximum atomic E-state index is 11.3. The van der Waals surface area contributed by atoms with Gasteiger partial charge in [-0.15, -0.1) is 0 Å². The van der Waals surface area contributed by atoms with Gasteiger partial charge in [0.2, 0.25) is 0 Å². The molecule has 20 heavy (non-hydrogen) atoms. The van der Waals surface area contributed by atoms with E-state index in [1.807, 2.05) is 49.4 Å². The molecule has 0 spiro atoms. The first-order chi connectivity index (χ1) is 9.81. The molecule has 2 aromatic rings. The van der Waals surface area contributed by atoms with Crippen LogP contribution in [0.1, 0.15) is 25.3 Å². The van der Waals surface area contributed by atoms with E-state index in [1.54, 1.807) is 6.08 Å². The van der Waals surface area contributed by atoms with Gasteiger partial charge in [0.1, 0.15) is 0 Å². The van der Waals surface area contributed by atoms with Crippen molar-refractivity contribution < 1.29 is 14.3 Å². The third kappa shape index (κ3) is 3.85. The quantitative estimate of drug-likeness (QED) is 0.446. The monoisotopic (exact) mass is 270 g/mol. The minimum absolute atomic E-state index is 0.400. The van der Waals surface area contributed by atoms with Crippen LogP contribution in [0.3, 0.4) is 0 Å². The molecular formula is C17H18O3. The lowest BCUT2D eigenvalue weighted by molar-refractivity contribution is 0.0841. The summed E-state index contributed by atoms with van der Waals surface area (Å²) >= 11 is 0. The maximum Gasteiger partial charge on any atom is 0.513 e. The molecule has 0 bridgehead atoms. The summed E-state index contributed by atoms with van der Waals surface area (Å²) in [5, 5.41) is 2.27. The van der Waals surface area contributed by atoms with Gasteiger partial charge in [0.05, 0.1) is 12.9 Å². The largest absolute Gasteiger partial charge is 0.513 e. The van der Waals surface area contributed by atoms with Gasteiger partial charge < -0.3 is 9.47 Å². The summed E-state index contributed by atoms with van der Waals surface area (Å²) in [4.78, 5) is 11.3. The van der Waals surface area contributed by atoms with Crippen LogP contribution in [0.15, 0.2) is 48.7 Å². The molecule has 3 heteroatoms. The minimum atomic E-state index is -0.657. The van der Waals surface area contributed by atoms with Crippen molar-refractivity contribution in [3.63, 3.8) is 0 Å². The van der Waals surface area contributed by atoms with E-state index < -0.39 is 6.16 Å². The summed E-state index contributed by atoms with van der Waals surface area (Å²) in [7, 11) is 0. The summed E-state index contributed by atoms with van der Waals surface area (Å²) in [6, 6.07) is 14.1. The average molecular weight is 270 g/mol. The van der Waals surface area contributed by atoms with E-state index in [-0.39, 0.29) is 0 Å². The van der Waals surface area contributed by atoms with Crippen LogP contribution in [0.5, 0.6) is 0 Å². The Bertz CT molecular complexity index is 597. The molecule has 0 aliphatic rings. The van der Waals surface area contributed by atoms with Gasteiger partial charge in [-0.25, -0.2) is 4.79 Å². The molecule has 0 unspecified atom stereocenters. The molecule has 0 heterocycles. The molecule has 0 radical (unpaired) electrons. The van der Waals surface area contributed by atoms with Crippen LogP contribution in [0, 0.1) is 0 Å². The summed E-state index contributed by atoms with van der Waals surface area (Å²) in [5.74, 6) is 0. The van der Waals surface area contributed by atoms with Gasteiger partial charge in [-0.3, -0.25) is 0 Å². The molecule has 0 aliphatic carbocycles. The van der Waals surface area contributed by atoms with Crippen molar-refractivity contribution in [2.45, 2.75) is 19.8 Å². The van der Waals surface area contributed by atoms with Crippen molar-refractivity contribution in [3.05, 3.63) is 54.3 Å². The zero-order valence-corrected chi connectivity index (χ0v) is 11.5. The second-order valence-electron chi connectivity index (χ2n) is 4.44. The number of carbonyl (C=O) groups is 1.